The summed E-state index contributed by atoms with van der Waals surface area (Å²) in [6.45, 7) is 1.76. The fourth-order valence-electron chi connectivity index (χ4n) is 2.69. The van der Waals surface area contributed by atoms with Gasteiger partial charge in [0.05, 0.1) is 0 Å². The maximum atomic E-state index is 12.1. The van der Waals surface area contributed by atoms with Crippen LogP contribution in [-0.2, 0) is 6.54 Å². The summed E-state index contributed by atoms with van der Waals surface area (Å²) in [6, 6.07) is 16.3. The molecule has 0 fully saturated rings. The number of carbonyl (C=O) groups is 1. The highest BCUT2D eigenvalue weighted by molar-refractivity contribution is 9.10. The standard InChI is InChI=1S/C17H16BrNO/c18-14-6-3-5-13(11-14)12-19-10-4-9-17(20)15-7-1-2-8-16(15)19/h1-3,5-8,11H,4,9-10,12H2. The first kappa shape index (κ1) is 13.4. The number of rotatable bonds is 2. The Balaban J connectivity index is 1.93. The van der Waals surface area contributed by atoms with E-state index in [0.29, 0.717) is 6.42 Å². The minimum atomic E-state index is 0.261. The van der Waals surface area contributed by atoms with Crippen LogP contribution in [0.2, 0.25) is 0 Å². The summed E-state index contributed by atoms with van der Waals surface area (Å²) < 4.78 is 1.09. The second kappa shape index (κ2) is 5.80. The summed E-state index contributed by atoms with van der Waals surface area (Å²) in [6.07, 6.45) is 1.56. The average Bonchev–Trinajstić information content (AvgIpc) is 2.60. The molecular formula is C17H16BrNO. The third kappa shape index (κ3) is 2.78. The average molecular weight is 330 g/mol. The van der Waals surface area contributed by atoms with Crippen molar-refractivity contribution in [1.29, 1.82) is 0 Å². The number of benzene rings is 2. The number of fused-ring (bicyclic) bond motifs is 1. The lowest BCUT2D eigenvalue weighted by molar-refractivity contribution is 0.0984. The van der Waals surface area contributed by atoms with E-state index in [0.717, 1.165) is 35.2 Å². The third-order valence-electron chi connectivity index (χ3n) is 3.64. The van der Waals surface area contributed by atoms with Crippen molar-refractivity contribution in [2.45, 2.75) is 19.4 Å². The number of carbonyl (C=O) groups excluding carboxylic acids is 1. The van der Waals surface area contributed by atoms with Crippen LogP contribution in [0.25, 0.3) is 0 Å². The van der Waals surface area contributed by atoms with E-state index in [-0.39, 0.29) is 5.78 Å². The molecule has 3 rings (SSSR count). The number of hydrogen-bond acceptors (Lipinski definition) is 2. The molecule has 0 radical (unpaired) electrons. The molecule has 0 unspecified atom stereocenters. The summed E-state index contributed by atoms with van der Waals surface area (Å²) >= 11 is 3.51. The van der Waals surface area contributed by atoms with Gasteiger partial charge in [0.25, 0.3) is 0 Å². The van der Waals surface area contributed by atoms with Gasteiger partial charge in [0, 0.05) is 35.2 Å². The van der Waals surface area contributed by atoms with Gasteiger partial charge in [0.2, 0.25) is 0 Å². The lowest BCUT2D eigenvalue weighted by Gasteiger charge is -2.24. The number of anilines is 1. The van der Waals surface area contributed by atoms with Crippen molar-refractivity contribution in [3.8, 4) is 0 Å². The van der Waals surface area contributed by atoms with Gasteiger partial charge >= 0.3 is 0 Å². The minimum Gasteiger partial charge on any atom is -0.367 e. The number of halogens is 1. The van der Waals surface area contributed by atoms with E-state index < -0.39 is 0 Å². The molecule has 0 spiro atoms. The van der Waals surface area contributed by atoms with Crippen LogP contribution in [0.1, 0.15) is 28.8 Å². The predicted molar refractivity (Wildman–Crippen MR) is 85.2 cm³/mol. The molecule has 0 aromatic heterocycles. The second-order valence-corrected chi connectivity index (χ2v) is 6.01. The highest BCUT2D eigenvalue weighted by Crippen LogP contribution is 2.27. The Kier molecular flexibility index (Phi) is 3.88. The first-order valence-corrected chi connectivity index (χ1v) is 7.65. The topological polar surface area (TPSA) is 20.3 Å². The van der Waals surface area contributed by atoms with Gasteiger partial charge in [-0.15, -0.1) is 0 Å². The van der Waals surface area contributed by atoms with Crippen LogP contribution in [0.4, 0.5) is 5.69 Å². The summed E-state index contributed by atoms with van der Waals surface area (Å²) in [7, 11) is 0. The molecule has 0 atom stereocenters. The van der Waals surface area contributed by atoms with Crippen molar-refractivity contribution in [2.24, 2.45) is 0 Å². The smallest absolute Gasteiger partial charge is 0.165 e. The molecule has 1 aliphatic heterocycles. The van der Waals surface area contributed by atoms with Gasteiger partial charge in [-0.2, -0.15) is 0 Å². The van der Waals surface area contributed by atoms with Crippen LogP contribution in [0.3, 0.4) is 0 Å². The Hall–Kier alpha value is -1.61. The van der Waals surface area contributed by atoms with Crippen molar-refractivity contribution in [2.75, 3.05) is 11.4 Å². The van der Waals surface area contributed by atoms with Crippen molar-refractivity contribution >= 4 is 27.4 Å². The van der Waals surface area contributed by atoms with E-state index in [4.69, 9.17) is 0 Å². The van der Waals surface area contributed by atoms with Crippen molar-refractivity contribution in [3.63, 3.8) is 0 Å². The van der Waals surface area contributed by atoms with E-state index in [9.17, 15) is 4.79 Å². The summed E-state index contributed by atoms with van der Waals surface area (Å²) in [4.78, 5) is 14.4. The Morgan fingerprint density at radius 2 is 1.95 bits per heavy atom. The highest BCUT2D eigenvalue weighted by atomic mass is 79.9. The van der Waals surface area contributed by atoms with E-state index >= 15 is 0 Å². The van der Waals surface area contributed by atoms with Crippen molar-refractivity contribution in [1.82, 2.24) is 0 Å². The van der Waals surface area contributed by atoms with E-state index in [1.807, 2.05) is 30.3 Å². The number of nitrogens with zero attached hydrogens (tertiary/aromatic N) is 1. The summed E-state index contributed by atoms with van der Waals surface area (Å²) in [5.74, 6) is 0.261. The normalized spacial score (nSPS) is 14.8. The van der Waals surface area contributed by atoms with Gasteiger partial charge in [-0.05, 0) is 36.2 Å². The molecule has 102 valence electrons. The van der Waals surface area contributed by atoms with Crippen molar-refractivity contribution < 1.29 is 4.79 Å². The maximum absolute atomic E-state index is 12.1. The lowest BCUT2D eigenvalue weighted by Crippen LogP contribution is -2.23. The minimum absolute atomic E-state index is 0.261. The SMILES string of the molecule is O=C1CCCN(Cc2cccc(Br)c2)c2ccccc21. The van der Waals surface area contributed by atoms with Gasteiger partial charge in [-0.1, -0.05) is 40.2 Å². The Morgan fingerprint density at radius 3 is 2.80 bits per heavy atom. The largest absolute Gasteiger partial charge is 0.367 e. The van der Waals surface area contributed by atoms with Gasteiger partial charge in [-0.3, -0.25) is 4.79 Å². The zero-order chi connectivity index (χ0) is 13.9. The molecular weight excluding hydrogens is 314 g/mol. The van der Waals surface area contributed by atoms with E-state index in [1.54, 1.807) is 0 Å². The third-order valence-corrected chi connectivity index (χ3v) is 4.13. The molecule has 1 aliphatic rings. The molecule has 0 bridgehead atoms. The number of hydrogen-bond donors (Lipinski definition) is 0. The van der Waals surface area contributed by atoms with Crippen LogP contribution < -0.4 is 4.90 Å². The van der Waals surface area contributed by atoms with Crippen LogP contribution >= 0.6 is 15.9 Å². The monoisotopic (exact) mass is 329 g/mol. The van der Waals surface area contributed by atoms with Crippen LogP contribution in [0.15, 0.2) is 53.0 Å². The molecule has 0 N–H and O–H groups in total. The van der Waals surface area contributed by atoms with E-state index in [1.165, 1.54) is 5.56 Å². The lowest BCUT2D eigenvalue weighted by atomic mass is 10.1. The molecule has 2 aromatic rings. The van der Waals surface area contributed by atoms with Crippen molar-refractivity contribution in [3.05, 3.63) is 64.1 Å². The molecule has 0 saturated carbocycles. The summed E-state index contributed by atoms with van der Waals surface area (Å²) in [5.41, 5.74) is 3.18. The quantitative estimate of drug-likeness (QED) is 0.812. The molecule has 1 heterocycles. The molecule has 20 heavy (non-hydrogen) atoms. The first-order valence-electron chi connectivity index (χ1n) is 6.85. The Morgan fingerprint density at radius 1 is 1.10 bits per heavy atom. The van der Waals surface area contributed by atoms with Crippen LogP contribution in [-0.4, -0.2) is 12.3 Å². The maximum Gasteiger partial charge on any atom is 0.165 e. The second-order valence-electron chi connectivity index (χ2n) is 5.10. The number of ketones is 1. The highest BCUT2D eigenvalue weighted by Gasteiger charge is 2.20. The van der Waals surface area contributed by atoms with Crippen LogP contribution in [0.5, 0.6) is 0 Å². The predicted octanol–water partition coefficient (Wildman–Crippen LogP) is 4.43. The zero-order valence-electron chi connectivity index (χ0n) is 11.2. The number of Topliss-reactive ketones (excluding diaryl/α,β-unsaturated/α-hetero) is 1. The molecule has 2 aromatic carbocycles. The molecule has 0 saturated heterocycles. The molecule has 2 nitrogen and oxygen atoms in total. The Bertz CT molecular complexity index is 638. The zero-order valence-corrected chi connectivity index (χ0v) is 12.8. The Labute approximate surface area is 127 Å². The fourth-order valence-corrected chi connectivity index (χ4v) is 3.14. The molecule has 0 aliphatic carbocycles. The van der Waals surface area contributed by atoms with E-state index in [2.05, 4.69) is 39.0 Å². The first-order chi connectivity index (χ1) is 9.74. The molecule has 0 amide bonds. The van der Waals surface area contributed by atoms with Gasteiger partial charge in [0.15, 0.2) is 5.78 Å². The van der Waals surface area contributed by atoms with Gasteiger partial charge in [-0.25, -0.2) is 0 Å². The fraction of sp³-hybridized carbons (Fsp3) is 0.235. The number of para-hydroxylation sites is 1. The molecule has 3 heteroatoms. The van der Waals surface area contributed by atoms with Gasteiger partial charge < -0.3 is 4.90 Å². The van der Waals surface area contributed by atoms with Crippen LogP contribution in [0, 0.1) is 0 Å². The summed E-state index contributed by atoms with van der Waals surface area (Å²) in [5, 5.41) is 0. The van der Waals surface area contributed by atoms with Gasteiger partial charge in [0.1, 0.15) is 0 Å².